The maximum absolute atomic E-state index is 14.2. The lowest BCUT2D eigenvalue weighted by atomic mass is 9.90. The van der Waals surface area contributed by atoms with Crippen LogP contribution in [0.5, 0.6) is 0 Å². The van der Waals surface area contributed by atoms with E-state index in [1.807, 2.05) is 45.8 Å². The van der Waals surface area contributed by atoms with Gasteiger partial charge in [0.05, 0.1) is 6.61 Å². The minimum atomic E-state index is -1.87. The standard InChI is InChI=1S/C35H60N4O4Si3/c1-35(2,3)46(10,11)43-26-29-12-14-30(15-13-29)34(40)31(24-32-36-16-18-38(32)27-41-20-22-44(4,5)6)25-33-37-17-19-39(33)28-42-21-23-45(7,8)9/h12-19,31H,20-28H2,1-11H3. The molecule has 0 aliphatic carbocycles. The van der Waals surface area contributed by atoms with Crippen LogP contribution in [-0.4, -0.2) is 62.6 Å². The number of carbonyl (C=O) groups excluding carboxylic acids is 1. The summed E-state index contributed by atoms with van der Waals surface area (Å²) < 4.78 is 22.6. The Balaban J connectivity index is 1.77. The van der Waals surface area contributed by atoms with Crippen molar-refractivity contribution >= 4 is 30.2 Å². The molecule has 1 aromatic carbocycles. The van der Waals surface area contributed by atoms with Crippen LogP contribution in [0.4, 0.5) is 0 Å². The molecule has 0 saturated heterocycles. The summed E-state index contributed by atoms with van der Waals surface area (Å²) in [7, 11) is -4.23. The first kappa shape index (κ1) is 38.3. The van der Waals surface area contributed by atoms with Gasteiger partial charge < -0.3 is 23.0 Å². The van der Waals surface area contributed by atoms with E-state index in [2.05, 4.69) is 83.1 Å². The van der Waals surface area contributed by atoms with E-state index in [9.17, 15) is 4.79 Å². The second-order valence-electron chi connectivity index (χ2n) is 16.5. The van der Waals surface area contributed by atoms with Gasteiger partial charge in [0.1, 0.15) is 25.1 Å². The lowest BCUT2D eigenvalue weighted by Gasteiger charge is -2.36. The molecule has 2 aromatic heterocycles. The summed E-state index contributed by atoms with van der Waals surface area (Å²) in [4.78, 5) is 23.5. The smallest absolute Gasteiger partial charge is 0.192 e. The average Bonchev–Trinajstić information content (AvgIpc) is 3.59. The first-order chi connectivity index (χ1) is 21.3. The Labute approximate surface area is 281 Å². The number of aromatic nitrogens is 4. The van der Waals surface area contributed by atoms with Crippen molar-refractivity contribution in [2.24, 2.45) is 5.92 Å². The van der Waals surface area contributed by atoms with Gasteiger partial charge in [-0.15, -0.1) is 0 Å². The van der Waals surface area contributed by atoms with E-state index < -0.39 is 24.5 Å². The predicted molar refractivity (Wildman–Crippen MR) is 196 cm³/mol. The zero-order chi connectivity index (χ0) is 34.2. The third kappa shape index (κ3) is 12.5. The number of imidazole rings is 2. The number of rotatable bonds is 19. The zero-order valence-corrected chi connectivity index (χ0v) is 33.5. The van der Waals surface area contributed by atoms with E-state index in [1.54, 1.807) is 12.4 Å². The molecule has 3 aromatic rings. The first-order valence-electron chi connectivity index (χ1n) is 16.8. The van der Waals surface area contributed by atoms with Crippen molar-refractivity contribution in [2.75, 3.05) is 13.2 Å². The fraction of sp³-hybridized carbons (Fsp3) is 0.629. The van der Waals surface area contributed by atoms with Crippen LogP contribution in [0.25, 0.3) is 0 Å². The Hall–Kier alpha value is -2.16. The molecule has 0 radical (unpaired) electrons. The number of Topliss-reactive ketones (excluding diaryl/α,β-unsaturated/α-hetero) is 1. The maximum atomic E-state index is 14.2. The van der Waals surface area contributed by atoms with Crippen LogP contribution in [-0.2, 0) is 46.8 Å². The second kappa shape index (κ2) is 16.3. The molecule has 3 rings (SSSR count). The summed E-state index contributed by atoms with van der Waals surface area (Å²) >= 11 is 0. The lowest BCUT2D eigenvalue weighted by Crippen LogP contribution is -2.40. The lowest BCUT2D eigenvalue weighted by molar-refractivity contribution is 0.0806. The third-order valence-electron chi connectivity index (χ3n) is 8.93. The highest BCUT2D eigenvalue weighted by Gasteiger charge is 2.37. The Morgan fingerprint density at radius 3 is 1.63 bits per heavy atom. The summed E-state index contributed by atoms with van der Waals surface area (Å²) in [5.41, 5.74) is 1.77. The molecule has 0 amide bonds. The molecule has 0 atom stereocenters. The third-order valence-corrected chi connectivity index (χ3v) is 16.8. The molecule has 0 N–H and O–H groups in total. The highest BCUT2D eigenvalue weighted by atomic mass is 28.4. The number of carbonyl (C=O) groups is 1. The molecule has 2 heterocycles. The Morgan fingerprint density at radius 1 is 0.761 bits per heavy atom. The molecule has 0 aliphatic rings. The zero-order valence-electron chi connectivity index (χ0n) is 30.5. The van der Waals surface area contributed by atoms with Gasteiger partial charge in [-0.25, -0.2) is 9.97 Å². The highest BCUT2D eigenvalue weighted by molar-refractivity contribution is 6.76. The normalized spacial score (nSPS) is 13.1. The largest absolute Gasteiger partial charge is 0.413 e. The molecule has 46 heavy (non-hydrogen) atoms. The van der Waals surface area contributed by atoms with Gasteiger partial charge in [0.15, 0.2) is 14.1 Å². The van der Waals surface area contributed by atoms with Gasteiger partial charge in [-0.05, 0) is 35.8 Å². The van der Waals surface area contributed by atoms with E-state index in [1.165, 1.54) is 0 Å². The fourth-order valence-corrected chi connectivity index (χ4v) is 7.03. The molecule has 11 heteroatoms. The van der Waals surface area contributed by atoms with Crippen LogP contribution in [0.15, 0.2) is 49.1 Å². The van der Waals surface area contributed by atoms with Crippen molar-refractivity contribution < 1.29 is 18.7 Å². The molecular weight excluding hydrogens is 625 g/mol. The van der Waals surface area contributed by atoms with Crippen LogP contribution >= 0.6 is 0 Å². The summed E-state index contributed by atoms with van der Waals surface area (Å²) in [6.45, 7) is 28.3. The van der Waals surface area contributed by atoms with E-state index in [0.717, 1.165) is 42.5 Å². The molecule has 0 saturated carbocycles. The van der Waals surface area contributed by atoms with Crippen LogP contribution in [0, 0.1) is 5.92 Å². The highest BCUT2D eigenvalue weighted by Crippen LogP contribution is 2.37. The number of benzene rings is 1. The maximum Gasteiger partial charge on any atom is 0.192 e. The summed E-state index contributed by atoms with van der Waals surface area (Å²) in [5, 5.41) is 0.145. The number of hydrogen-bond donors (Lipinski definition) is 0. The van der Waals surface area contributed by atoms with Crippen LogP contribution in [0.3, 0.4) is 0 Å². The fourth-order valence-electron chi connectivity index (χ4n) is 4.56. The summed E-state index contributed by atoms with van der Waals surface area (Å²) in [5.74, 6) is 1.42. The Morgan fingerprint density at radius 2 is 1.22 bits per heavy atom. The minimum absolute atomic E-state index is 0.0836. The van der Waals surface area contributed by atoms with Crippen molar-refractivity contribution in [3.63, 3.8) is 0 Å². The molecular formula is C35H60N4O4Si3. The first-order valence-corrected chi connectivity index (χ1v) is 27.1. The summed E-state index contributed by atoms with van der Waals surface area (Å²) in [6, 6.07) is 10.2. The van der Waals surface area contributed by atoms with Crippen molar-refractivity contribution in [1.29, 1.82) is 0 Å². The van der Waals surface area contributed by atoms with Gasteiger partial charge in [-0.3, -0.25) is 4.79 Å². The second-order valence-corrected chi connectivity index (χ2v) is 32.6. The van der Waals surface area contributed by atoms with Gasteiger partial charge >= 0.3 is 0 Å². The van der Waals surface area contributed by atoms with Gasteiger partial charge in [0.2, 0.25) is 0 Å². The monoisotopic (exact) mass is 684 g/mol. The number of ether oxygens (including phenoxy) is 2. The summed E-state index contributed by atoms with van der Waals surface area (Å²) in [6.07, 6.45) is 8.45. The van der Waals surface area contributed by atoms with E-state index in [0.29, 0.717) is 38.5 Å². The topological polar surface area (TPSA) is 80.4 Å². The molecule has 0 unspecified atom stereocenters. The van der Waals surface area contributed by atoms with Gasteiger partial charge in [0, 0.05) is 78.5 Å². The SMILES string of the molecule is CC(C)(C)[Si](C)(C)OCc1ccc(C(=O)C(Cc2nccn2COCC[Si](C)(C)C)Cc2nccn2COCC[Si](C)(C)C)cc1. The molecule has 8 nitrogen and oxygen atoms in total. The van der Waals surface area contributed by atoms with E-state index in [-0.39, 0.29) is 16.7 Å². The van der Waals surface area contributed by atoms with Crippen molar-refractivity contribution in [2.45, 2.75) is 123 Å². The number of hydrogen-bond acceptors (Lipinski definition) is 6. The van der Waals surface area contributed by atoms with Gasteiger partial charge in [-0.1, -0.05) is 84.3 Å². The molecule has 256 valence electrons. The van der Waals surface area contributed by atoms with Crippen LogP contribution < -0.4 is 0 Å². The van der Waals surface area contributed by atoms with Gasteiger partial charge in [-0.2, -0.15) is 0 Å². The van der Waals surface area contributed by atoms with E-state index in [4.69, 9.17) is 13.9 Å². The van der Waals surface area contributed by atoms with Gasteiger partial charge in [0.25, 0.3) is 0 Å². The van der Waals surface area contributed by atoms with E-state index >= 15 is 0 Å². The van der Waals surface area contributed by atoms with Crippen molar-refractivity contribution in [3.8, 4) is 0 Å². The van der Waals surface area contributed by atoms with Crippen molar-refractivity contribution in [1.82, 2.24) is 19.1 Å². The number of nitrogens with zero attached hydrogens (tertiary/aromatic N) is 4. The average molecular weight is 685 g/mol. The van der Waals surface area contributed by atoms with Crippen LogP contribution in [0.2, 0.25) is 69.5 Å². The molecule has 0 bridgehead atoms. The minimum Gasteiger partial charge on any atom is -0.413 e. The Kier molecular flexibility index (Phi) is 13.6. The quantitative estimate of drug-likeness (QED) is 0.0716. The van der Waals surface area contributed by atoms with Crippen molar-refractivity contribution in [3.05, 3.63) is 71.8 Å². The van der Waals surface area contributed by atoms with Crippen LogP contribution in [0.1, 0.15) is 48.3 Å². The predicted octanol–water partition coefficient (Wildman–Crippen LogP) is 8.51. The Bertz CT molecular complexity index is 1300. The molecule has 0 spiro atoms. The molecule has 0 aliphatic heterocycles. The molecule has 0 fully saturated rings. The number of ketones is 1.